The third-order valence-electron chi connectivity index (χ3n) is 5.53. The molecule has 0 saturated carbocycles. The highest BCUT2D eigenvalue weighted by atomic mass is 32.1. The molecule has 0 unspecified atom stereocenters. The fourth-order valence-electron chi connectivity index (χ4n) is 3.96. The van der Waals surface area contributed by atoms with E-state index in [1.807, 2.05) is 60.0 Å². The van der Waals surface area contributed by atoms with Gasteiger partial charge in [0.15, 0.2) is 11.5 Å². The van der Waals surface area contributed by atoms with Crippen LogP contribution in [0.3, 0.4) is 0 Å². The Morgan fingerprint density at radius 1 is 1.06 bits per heavy atom. The molecule has 4 aromatic rings. The molecule has 0 N–H and O–H groups in total. The summed E-state index contributed by atoms with van der Waals surface area (Å²) in [4.78, 5) is 28.7. The van der Waals surface area contributed by atoms with Gasteiger partial charge in [-0.1, -0.05) is 24.3 Å². The molecule has 1 aliphatic rings. The van der Waals surface area contributed by atoms with Crippen molar-refractivity contribution in [1.29, 1.82) is 0 Å². The van der Waals surface area contributed by atoms with Gasteiger partial charge in [-0.15, -0.1) is 11.3 Å². The molecule has 33 heavy (non-hydrogen) atoms. The number of hydrogen-bond donors (Lipinski definition) is 0. The summed E-state index contributed by atoms with van der Waals surface area (Å²) < 4.78 is 18.1. The van der Waals surface area contributed by atoms with Crippen molar-refractivity contribution in [3.05, 3.63) is 76.6 Å². The van der Waals surface area contributed by atoms with Crippen LogP contribution in [0.4, 0.5) is 5.69 Å². The van der Waals surface area contributed by atoms with Crippen LogP contribution in [-0.4, -0.2) is 36.8 Å². The molecule has 0 radical (unpaired) electrons. The van der Waals surface area contributed by atoms with E-state index in [0.717, 1.165) is 21.5 Å². The van der Waals surface area contributed by atoms with E-state index >= 15 is 0 Å². The van der Waals surface area contributed by atoms with E-state index in [9.17, 15) is 9.59 Å². The van der Waals surface area contributed by atoms with Crippen LogP contribution < -0.4 is 14.4 Å². The number of anilines is 1. The molecule has 168 valence electrons. The number of fused-ring (bicyclic) bond motifs is 2. The smallest absolute Gasteiger partial charge is 0.340 e. The van der Waals surface area contributed by atoms with Crippen LogP contribution in [0.25, 0.3) is 10.9 Å². The van der Waals surface area contributed by atoms with E-state index in [2.05, 4.69) is 0 Å². The number of carbonyl (C=O) groups excluding carboxylic acids is 2. The molecule has 7 nitrogen and oxygen atoms in total. The van der Waals surface area contributed by atoms with Crippen molar-refractivity contribution in [2.24, 2.45) is 0 Å². The normalized spacial score (nSPS) is 12.5. The largest absolute Gasteiger partial charge is 0.486 e. The minimum absolute atomic E-state index is 0.0668. The number of rotatable bonds is 6. The summed E-state index contributed by atoms with van der Waals surface area (Å²) in [5.41, 5.74) is 1.96. The lowest BCUT2D eigenvalue weighted by Gasteiger charge is -2.25. The zero-order valence-electron chi connectivity index (χ0n) is 18.0. The first-order chi connectivity index (χ1) is 16.1. The summed E-state index contributed by atoms with van der Waals surface area (Å²) in [5, 5.41) is 2.74. The molecule has 0 spiro atoms. The summed E-state index contributed by atoms with van der Waals surface area (Å²) in [6.45, 7) is 1.48. The number of carbonyl (C=O) groups is 2. The van der Waals surface area contributed by atoms with Crippen LogP contribution in [0.1, 0.15) is 15.2 Å². The van der Waals surface area contributed by atoms with Crippen LogP contribution in [-0.2, 0) is 22.6 Å². The van der Waals surface area contributed by atoms with Crippen LogP contribution in [0.15, 0.2) is 66.2 Å². The second-order valence-electron chi connectivity index (χ2n) is 7.57. The van der Waals surface area contributed by atoms with Crippen molar-refractivity contribution in [2.45, 2.75) is 13.1 Å². The van der Waals surface area contributed by atoms with Gasteiger partial charge >= 0.3 is 5.97 Å². The number of benzene rings is 2. The average Bonchev–Trinajstić information content (AvgIpc) is 3.50. The molecule has 0 aliphatic carbocycles. The summed E-state index contributed by atoms with van der Waals surface area (Å²) in [6, 6.07) is 17.0. The first-order valence-corrected chi connectivity index (χ1v) is 11.4. The van der Waals surface area contributed by atoms with Crippen molar-refractivity contribution in [2.75, 3.05) is 25.2 Å². The van der Waals surface area contributed by atoms with Gasteiger partial charge < -0.3 is 23.7 Å². The molecule has 2 aromatic carbocycles. The van der Waals surface area contributed by atoms with Gasteiger partial charge in [-0.05, 0) is 29.6 Å². The molecular formula is C25H22N2O5S. The van der Waals surface area contributed by atoms with Gasteiger partial charge in [0.05, 0.1) is 19.2 Å². The number of methoxy groups -OCH3 is 1. The lowest BCUT2D eigenvalue weighted by molar-refractivity contribution is -0.119. The number of aromatic nitrogens is 1. The monoisotopic (exact) mass is 462 g/mol. The van der Waals surface area contributed by atoms with Crippen LogP contribution >= 0.6 is 11.3 Å². The molecule has 5 rings (SSSR count). The maximum Gasteiger partial charge on any atom is 0.340 e. The topological polar surface area (TPSA) is 70.0 Å². The van der Waals surface area contributed by atoms with E-state index in [1.165, 1.54) is 7.11 Å². The fourth-order valence-corrected chi connectivity index (χ4v) is 4.66. The number of thiophene rings is 1. The van der Waals surface area contributed by atoms with E-state index in [4.69, 9.17) is 14.2 Å². The average molecular weight is 463 g/mol. The number of esters is 1. The van der Waals surface area contributed by atoms with Crippen LogP contribution in [0.5, 0.6) is 11.5 Å². The zero-order valence-corrected chi connectivity index (χ0v) is 18.8. The predicted octanol–water partition coefficient (Wildman–Crippen LogP) is 4.49. The number of para-hydroxylation sites is 1. The number of hydrogen-bond acceptors (Lipinski definition) is 6. The SMILES string of the molecule is COC(=O)c1cn(CC(=O)N(Cc2cccs2)c2ccc3c(c2)OCCO3)c2ccccc12. The standard InChI is InChI=1S/C25H22N2O5S/c1-30-25(29)20-15-26(21-7-3-2-6-19(20)21)16-24(28)27(14-18-5-4-12-33-18)17-8-9-22-23(13-17)32-11-10-31-22/h2-9,12-13,15H,10-11,14,16H2,1H3. The van der Waals surface area contributed by atoms with Gasteiger partial charge in [-0.2, -0.15) is 0 Å². The first-order valence-electron chi connectivity index (χ1n) is 10.5. The van der Waals surface area contributed by atoms with Crippen molar-refractivity contribution < 1.29 is 23.8 Å². The highest BCUT2D eigenvalue weighted by molar-refractivity contribution is 7.09. The molecule has 0 atom stereocenters. The molecule has 0 fully saturated rings. The minimum Gasteiger partial charge on any atom is -0.486 e. The van der Waals surface area contributed by atoms with Gasteiger partial charge in [0, 0.05) is 33.7 Å². The molecule has 3 heterocycles. The molecule has 8 heteroatoms. The van der Waals surface area contributed by atoms with Crippen molar-refractivity contribution in [3.8, 4) is 11.5 Å². The summed E-state index contributed by atoms with van der Waals surface area (Å²) in [6.07, 6.45) is 1.68. The Labute approximate surface area is 194 Å². The van der Waals surface area contributed by atoms with Gasteiger partial charge in [0.25, 0.3) is 0 Å². The molecule has 1 amide bonds. The second-order valence-corrected chi connectivity index (χ2v) is 8.60. The third kappa shape index (κ3) is 4.17. The highest BCUT2D eigenvalue weighted by Gasteiger charge is 2.23. The maximum atomic E-state index is 13.6. The Hall–Kier alpha value is -3.78. The summed E-state index contributed by atoms with van der Waals surface area (Å²) in [7, 11) is 1.35. The van der Waals surface area contributed by atoms with E-state index in [-0.39, 0.29) is 12.5 Å². The lowest BCUT2D eigenvalue weighted by atomic mass is 10.2. The van der Waals surface area contributed by atoms with Gasteiger partial charge in [0.2, 0.25) is 5.91 Å². The Bertz CT molecular complexity index is 1310. The Morgan fingerprint density at radius 2 is 1.88 bits per heavy atom. The molecule has 0 saturated heterocycles. The van der Waals surface area contributed by atoms with Gasteiger partial charge in [-0.25, -0.2) is 4.79 Å². The second kappa shape index (κ2) is 8.99. The predicted molar refractivity (Wildman–Crippen MR) is 126 cm³/mol. The Morgan fingerprint density at radius 3 is 2.67 bits per heavy atom. The summed E-state index contributed by atoms with van der Waals surface area (Å²) >= 11 is 1.59. The number of amides is 1. The van der Waals surface area contributed by atoms with Gasteiger partial charge in [0.1, 0.15) is 19.8 Å². The van der Waals surface area contributed by atoms with Crippen molar-refractivity contribution in [3.63, 3.8) is 0 Å². The van der Waals surface area contributed by atoms with Crippen molar-refractivity contribution >= 4 is 39.8 Å². The van der Waals surface area contributed by atoms with Crippen molar-refractivity contribution in [1.82, 2.24) is 4.57 Å². The first kappa shape index (κ1) is 21.1. The lowest BCUT2D eigenvalue weighted by Crippen LogP contribution is -2.33. The zero-order chi connectivity index (χ0) is 22.8. The minimum atomic E-state index is -0.431. The van der Waals surface area contributed by atoms with E-state index < -0.39 is 5.97 Å². The van der Waals surface area contributed by atoms with Gasteiger partial charge in [-0.3, -0.25) is 4.79 Å². The number of ether oxygens (including phenoxy) is 3. The van der Waals surface area contributed by atoms with Crippen LogP contribution in [0, 0.1) is 0 Å². The van der Waals surface area contributed by atoms with Crippen LogP contribution in [0.2, 0.25) is 0 Å². The van der Waals surface area contributed by atoms with E-state index in [0.29, 0.717) is 36.8 Å². The Balaban J connectivity index is 1.50. The quantitative estimate of drug-likeness (QED) is 0.395. The maximum absolute atomic E-state index is 13.6. The van der Waals surface area contributed by atoms with E-state index in [1.54, 1.807) is 27.0 Å². The molecule has 2 aromatic heterocycles. The summed E-state index contributed by atoms with van der Waals surface area (Å²) in [5.74, 6) is 0.756. The molecule has 0 bridgehead atoms. The highest BCUT2D eigenvalue weighted by Crippen LogP contribution is 2.35. The Kier molecular flexibility index (Phi) is 5.75. The molecule has 1 aliphatic heterocycles. The number of nitrogens with zero attached hydrogens (tertiary/aromatic N) is 2. The fraction of sp³-hybridized carbons (Fsp3) is 0.200. The molecular weight excluding hydrogens is 440 g/mol. The third-order valence-corrected chi connectivity index (χ3v) is 6.39.